The summed E-state index contributed by atoms with van der Waals surface area (Å²) in [5, 5.41) is 27.8. The Morgan fingerprint density at radius 3 is 2.40 bits per heavy atom. The number of hydrogen-bond donors (Lipinski definition) is 2. The largest absolute Gasteiger partial charge is 0.467 e. The Morgan fingerprint density at radius 2 is 1.95 bits per heavy atom. The van der Waals surface area contributed by atoms with E-state index in [9.17, 15) is 28.2 Å². The molecule has 5 nitrogen and oxygen atoms in total. The number of nitrogens with zero attached hydrogens (tertiary/aromatic N) is 1. The number of carbonyl (C=O) groups excluding carboxylic acids is 1. The highest BCUT2D eigenvalue weighted by atomic mass is 19.4. The fourth-order valence-corrected chi connectivity index (χ4v) is 1.48. The molecule has 0 radical (unpaired) electrons. The maximum atomic E-state index is 12.6. The second-order valence-electron chi connectivity index (χ2n) is 3.87. The van der Waals surface area contributed by atoms with Gasteiger partial charge in [-0.15, -0.1) is 0 Å². The van der Waals surface area contributed by atoms with E-state index in [2.05, 4.69) is 4.74 Å². The number of nitriles is 1. The molecular formula is C12H10F3NO4. The highest BCUT2D eigenvalue weighted by Crippen LogP contribution is 2.32. The van der Waals surface area contributed by atoms with Crippen molar-refractivity contribution in [3.05, 3.63) is 34.9 Å². The highest BCUT2D eigenvalue weighted by molar-refractivity contribution is 5.75. The van der Waals surface area contributed by atoms with Crippen molar-refractivity contribution in [1.29, 1.82) is 5.26 Å². The lowest BCUT2D eigenvalue weighted by Crippen LogP contribution is -2.29. The van der Waals surface area contributed by atoms with E-state index >= 15 is 0 Å². The Bertz CT molecular complexity index is 551. The molecule has 20 heavy (non-hydrogen) atoms. The van der Waals surface area contributed by atoms with Crippen LogP contribution in [0.1, 0.15) is 22.8 Å². The number of hydrogen-bond acceptors (Lipinski definition) is 5. The third-order valence-electron chi connectivity index (χ3n) is 2.50. The molecule has 0 bridgehead atoms. The number of methoxy groups -OCH3 is 1. The van der Waals surface area contributed by atoms with Crippen molar-refractivity contribution in [3.8, 4) is 6.07 Å². The average molecular weight is 289 g/mol. The Labute approximate surface area is 111 Å². The molecule has 0 aliphatic rings. The monoisotopic (exact) mass is 289 g/mol. The summed E-state index contributed by atoms with van der Waals surface area (Å²) in [7, 11) is 0.950. The minimum absolute atomic E-state index is 0.356. The van der Waals surface area contributed by atoms with Crippen LogP contribution < -0.4 is 0 Å². The SMILES string of the molecule is COC(=O)C(O)C(O)c1cc(C#N)cc(C(F)(F)F)c1. The molecule has 1 aromatic carbocycles. The highest BCUT2D eigenvalue weighted by Gasteiger charge is 2.33. The molecule has 1 rings (SSSR count). The average Bonchev–Trinajstić information content (AvgIpc) is 2.43. The zero-order valence-corrected chi connectivity index (χ0v) is 10.2. The molecule has 1 aromatic rings. The number of aliphatic hydroxyl groups is 2. The quantitative estimate of drug-likeness (QED) is 0.814. The molecule has 2 atom stereocenters. The third-order valence-corrected chi connectivity index (χ3v) is 2.50. The first-order chi connectivity index (χ1) is 9.20. The van der Waals surface area contributed by atoms with Crippen LogP contribution in [-0.4, -0.2) is 29.4 Å². The van der Waals surface area contributed by atoms with Gasteiger partial charge in [0, 0.05) is 0 Å². The van der Waals surface area contributed by atoms with E-state index in [1.54, 1.807) is 0 Å². The lowest BCUT2D eigenvalue weighted by atomic mass is 9.99. The Balaban J connectivity index is 3.25. The van der Waals surface area contributed by atoms with Crippen LogP contribution in [0.15, 0.2) is 18.2 Å². The van der Waals surface area contributed by atoms with Crippen LogP contribution in [0.4, 0.5) is 13.2 Å². The van der Waals surface area contributed by atoms with E-state index in [0.717, 1.165) is 13.2 Å². The van der Waals surface area contributed by atoms with Gasteiger partial charge in [-0.1, -0.05) is 0 Å². The first-order valence-corrected chi connectivity index (χ1v) is 5.27. The van der Waals surface area contributed by atoms with Gasteiger partial charge >= 0.3 is 12.1 Å². The van der Waals surface area contributed by atoms with Crippen LogP contribution in [0.3, 0.4) is 0 Å². The van der Waals surface area contributed by atoms with Gasteiger partial charge < -0.3 is 14.9 Å². The van der Waals surface area contributed by atoms with Crippen LogP contribution in [0.2, 0.25) is 0 Å². The zero-order valence-electron chi connectivity index (χ0n) is 10.2. The van der Waals surface area contributed by atoms with Crippen molar-refractivity contribution >= 4 is 5.97 Å². The van der Waals surface area contributed by atoms with Crippen molar-refractivity contribution in [1.82, 2.24) is 0 Å². The number of rotatable bonds is 3. The summed E-state index contributed by atoms with van der Waals surface area (Å²) in [6.45, 7) is 0. The maximum Gasteiger partial charge on any atom is 0.416 e. The Morgan fingerprint density at radius 1 is 1.35 bits per heavy atom. The van der Waals surface area contributed by atoms with Gasteiger partial charge in [-0.05, 0) is 23.8 Å². The standard InChI is InChI=1S/C12H10F3NO4/c1-20-11(19)10(18)9(17)7-2-6(5-16)3-8(4-7)12(13,14)15/h2-4,9-10,17-18H,1H3. The van der Waals surface area contributed by atoms with E-state index in [1.165, 1.54) is 6.07 Å². The smallest absolute Gasteiger partial charge is 0.416 e. The molecule has 0 aliphatic carbocycles. The molecule has 0 heterocycles. The summed E-state index contributed by atoms with van der Waals surface area (Å²) in [6, 6.07) is 3.61. The molecule has 2 N–H and O–H groups in total. The molecular weight excluding hydrogens is 279 g/mol. The second kappa shape index (κ2) is 5.90. The predicted octanol–water partition coefficient (Wildman–Crippen LogP) is 1.14. The van der Waals surface area contributed by atoms with Gasteiger partial charge in [0.25, 0.3) is 0 Å². The topological polar surface area (TPSA) is 90.6 Å². The van der Waals surface area contributed by atoms with Gasteiger partial charge in [-0.3, -0.25) is 0 Å². The van der Waals surface area contributed by atoms with Crippen LogP contribution in [0, 0.1) is 11.3 Å². The van der Waals surface area contributed by atoms with E-state index < -0.39 is 35.5 Å². The molecule has 2 unspecified atom stereocenters. The number of esters is 1. The summed E-state index contributed by atoms with van der Waals surface area (Å²) < 4.78 is 42.1. The molecule has 0 amide bonds. The first kappa shape index (κ1) is 15.9. The summed E-state index contributed by atoms with van der Waals surface area (Å²) in [6.07, 6.45) is -8.70. The van der Waals surface area contributed by atoms with Crippen LogP contribution in [-0.2, 0) is 15.7 Å². The second-order valence-corrected chi connectivity index (χ2v) is 3.87. The molecule has 0 spiro atoms. The lowest BCUT2D eigenvalue weighted by Gasteiger charge is -2.17. The fourth-order valence-electron chi connectivity index (χ4n) is 1.48. The van der Waals surface area contributed by atoms with Gasteiger partial charge in [-0.25, -0.2) is 4.79 Å². The van der Waals surface area contributed by atoms with Gasteiger partial charge in [0.05, 0.1) is 24.3 Å². The fraction of sp³-hybridized carbons (Fsp3) is 0.333. The van der Waals surface area contributed by atoms with Crippen molar-refractivity contribution in [2.45, 2.75) is 18.4 Å². The van der Waals surface area contributed by atoms with Crippen molar-refractivity contribution in [3.63, 3.8) is 0 Å². The van der Waals surface area contributed by atoms with Crippen molar-refractivity contribution in [2.75, 3.05) is 7.11 Å². The van der Waals surface area contributed by atoms with E-state index in [4.69, 9.17) is 5.26 Å². The summed E-state index contributed by atoms with van der Waals surface area (Å²) in [4.78, 5) is 11.0. The normalized spacial score (nSPS) is 14.2. The van der Waals surface area contributed by atoms with Crippen LogP contribution >= 0.6 is 0 Å². The zero-order chi connectivity index (χ0) is 15.5. The van der Waals surface area contributed by atoms with Gasteiger partial charge in [0.2, 0.25) is 0 Å². The summed E-state index contributed by atoms with van der Waals surface area (Å²) in [5.74, 6) is -1.20. The van der Waals surface area contributed by atoms with Gasteiger partial charge in [0.1, 0.15) is 6.10 Å². The number of carbonyl (C=O) groups is 1. The third kappa shape index (κ3) is 3.46. The molecule has 0 saturated heterocycles. The lowest BCUT2D eigenvalue weighted by molar-refractivity contribution is -0.156. The molecule has 8 heteroatoms. The molecule has 0 aliphatic heterocycles. The molecule has 108 valence electrons. The van der Waals surface area contributed by atoms with Crippen LogP contribution in [0.5, 0.6) is 0 Å². The van der Waals surface area contributed by atoms with E-state index in [1.807, 2.05) is 0 Å². The van der Waals surface area contributed by atoms with E-state index in [-0.39, 0.29) is 5.56 Å². The summed E-state index contributed by atoms with van der Waals surface area (Å²) in [5.41, 5.74) is -1.93. The molecule has 0 saturated carbocycles. The summed E-state index contributed by atoms with van der Waals surface area (Å²) >= 11 is 0. The number of ether oxygens (including phenoxy) is 1. The van der Waals surface area contributed by atoms with Crippen molar-refractivity contribution in [2.24, 2.45) is 0 Å². The van der Waals surface area contributed by atoms with Crippen LogP contribution in [0.25, 0.3) is 0 Å². The van der Waals surface area contributed by atoms with Crippen molar-refractivity contribution < 1.29 is 32.9 Å². The number of benzene rings is 1. The van der Waals surface area contributed by atoms with Gasteiger partial charge in [0.15, 0.2) is 6.10 Å². The minimum atomic E-state index is -4.72. The molecule has 0 aromatic heterocycles. The maximum absolute atomic E-state index is 12.6. The van der Waals surface area contributed by atoms with Gasteiger partial charge in [-0.2, -0.15) is 18.4 Å². The minimum Gasteiger partial charge on any atom is -0.467 e. The first-order valence-electron chi connectivity index (χ1n) is 5.27. The Hall–Kier alpha value is -2.11. The Kier molecular flexibility index (Phi) is 4.70. The number of aliphatic hydroxyl groups excluding tert-OH is 2. The van der Waals surface area contributed by atoms with E-state index in [0.29, 0.717) is 12.1 Å². The number of halogens is 3. The molecule has 0 fully saturated rings. The number of alkyl halides is 3. The predicted molar refractivity (Wildman–Crippen MR) is 59.1 cm³/mol.